The number of carbonyl (C=O) groups is 2. The van der Waals surface area contributed by atoms with E-state index >= 15 is 0 Å². The summed E-state index contributed by atoms with van der Waals surface area (Å²) in [4.78, 5) is 29.5. The molecule has 178 valence electrons. The Bertz CT molecular complexity index is 895. The van der Waals surface area contributed by atoms with Gasteiger partial charge in [0, 0.05) is 45.0 Å². The predicted octanol–water partition coefficient (Wildman–Crippen LogP) is 3.40. The molecule has 0 aromatic heterocycles. The summed E-state index contributed by atoms with van der Waals surface area (Å²) in [6, 6.07) is 18.1. The SMILES string of the molecule is CCOC(=O)NC(C(=O)NCc1ccccc1CN1CCN(c2ccccc2)CC1)C(C)C. The molecule has 0 radical (unpaired) electrons. The number of para-hydroxylation sites is 1. The lowest BCUT2D eigenvalue weighted by Gasteiger charge is -2.36. The lowest BCUT2D eigenvalue weighted by molar-refractivity contribution is -0.124. The molecule has 3 rings (SSSR count). The smallest absolute Gasteiger partial charge is 0.407 e. The highest BCUT2D eigenvalue weighted by atomic mass is 16.5. The molecule has 2 amide bonds. The fourth-order valence-corrected chi connectivity index (χ4v) is 4.06. The molecule has 2 aromatic carbocycles. The van der Waals surface area contributed by atoms with Crippen LogP contribution in [0.1, 0.15) is 31.9 Å². The molecule has 1 aliphatic rings. The van der Waals surface area contributed by atoms with E-state index in [0.29, 0.717) is 6.54 Å². The van der Waals surface area contributed by atoms with Crippen molar-refractivity contribution in [2.75, 3.05) is 37.7 Å². The Labute approximate surface area is 197 Å². The summed E-state index contributed by atoms with van der Waals surface area (Å²) in [6.45, 7) is 11.1. The Morgan fingerprint density at radius 2 is 1.58 bits per heavy atom. The van der Waals surface area contributed by atoms with Gasteiger partial charge < -0.3 is 20.3 Å². The van der Waals surface area contributed by atoms with E-state index in [-0.39, 0.29) is 18.4 Å². The molecule has 1 fully saturated rings. The molecule has 33 heavy (non-hydrogen) atoms. The van der Waals surface area contributed by atoms with Crippen LogP contribution in [0.2, 0.25) is 0 Å². The van der Waals surface area contributed by atoms with Gasteiger partial charge in [0.05, 0.1) is 6.61 Å². The first-order valence-corrected chi connectivity index (χ1v) is 11.8. The lowest BCUT2D eigenvalue weighted by atomic mass is 10.0. The second-order valence-corrected chi connectivity index (χ2v) is 8.67. The third-order valence-electron chi connectivity index (χ3n) is 5.96. The van der Waals surface area contributed by atoms with Gasteiger partial charge in [-0.05, 0) is 36.1 Å². The van der Waals surface area contributed by atoms with Gasteiger partial charge in [-0.3, -0.25) is 9.69 Å². The summed E-state index contributed by atoms with van der Waals surface area (Å²) in [5.74, 6) is -0.255. The van der Waals surface area contributed by atoms with Gasteiger partial charge >= 0.3 is 6.09 Å². The summed E-state index contributed by atoms with van der Waals surface area (Å²) in [6.07, 6.45) is -0.568. The molecule has 0 spiro atoms. The highest BCUT2D eigenvalue weighted by Crippen LogP contribution is 2.18. The van der Waals surface area contributed by atoms with Crippen molar-refractivity contribution in [3.8, 4) is 0 Å². The topological polar surface area (TPSA) is 73.9 Å². The van der Waals surface area contributed by atoms with Crippen LogP contribution in [0.25, 0.3) is 0 Å². The Morgan fingerprint density at radius 3 is 2.21 bits per heavy atom. The number of hydrogen-bond donors (Lipinski definition) is 2. The number of amides is 2. The fourth-order valence-electron chi connectivity index (χ4n) is 4.06. The van der Waals surface area contributed by atoms with Crippen molar-refractivity contribution in [1.82, 2.24) is 15.5 Å². The molecule has 2 N–H and O–H groups in total. The number of carbonyl (C=O) groups excluding carboxylic acids is 2. The van der Waals surface area contributed by atoms with Crippen molar-refractivity contribution in [1.29, 1.82) is 0 Å². The minimum atomic E-state index is -0.637. The number of ether oxygens (including phenoxy) is 1. The maximum Gasteiger partial charge on any atom is 0.407 e. The van der Waals surface area contributed by atoms with Crippen molar-refractivity contribution in [2.45, 2.75) is 39.9 Å². The highest BCUT2D eigenvalue weighted by Gasteiger charge is 2.25. The van der Waals surface area contributed by atoms with Crippen molar-refractivity contribution in [2.24, 2.45) is 5.92 Å². The van der Waals surface area contributed by atoms with Crippen molar-refractivity contribution in [3.05, 3.63) is 65.7 Å². The van der Waals surface area contributed by atoms with Crippen molar-refractivity contribution >= 4 is 17.7 Å². The molecule has 7 heteroatoms. The molecular weight excluding hydrogens is 416 g/mol. The van der Waals surface area contributed by atoms with Crippen LogP contribution in [0, 0.1) is 5.92 Å². The zero-order chi connectivity index (χ0) is 23.6. The fraction of sp³-hybridized carbons (Fsp3) is 0.462. The third kappa shape index (κ3) is 7.22. The molecule has 1 saturated heterocycles. The van der Waals surface area contributed by atoms with Gasteiger partial charge in [-0.25, -0.2) is 4.79 Å². The number of anilines is 1. The number of alkyl carbamates (subject to hydrolysis) is 1. The molecule has 2 aromatic rings. The van der Waals surface area contributed by atoms with E-state index in [0.717, 1.165) is 38.3 Å². The average Bonchev–Trinajstić information content (AvgIpc) is 2.83. The van der Waals surface area contributed by atoms with E-state index in [2.05, 4.69) is 56.8 Å². The van der Waals surface area contributed by atoms with Gasteiger partial charge in [0.2, 0.25) is 5.91 Å². The van der Waals surface area contributed by atoms with Gasteiger partial charge in [0.1, 0.15) is 6.04 Å². The van der Waals surface area contributed by atoms with Gasteiger partial charge in [0.15, 0.2) is 0 Å². The Hall–Kier alpha value is -3.06. The van der Waals surface area contributed by atoms with Crippen LogP contribution < -0.4 is 15.5 Å². The number of hydrogen-bond acceptors (Lipinski definition) is 5. The zero-order valence-electron chi connectivity index (χ0n) is 19.9. The number of rotatable bonds is 9. The van der Waals surface area contributed by atoms with E-state index < -0.39 is 12.1 Å². The van der Waals surface area contributed by atoms with Crippen LogP contribution in [0.5, 0.6) is 0 Å². The van der Waals surface area contributed by atoms with E-state index in [4.69, 9.17) is 4.74 Å². The molecule has 0 saturated carbocycles. The maximum atomic E-state index is 12.8. The number of piperazine rings is 1. The number of nitrogens with one attached hydrogen (secondary N) is 2. The molecule has 1 atom stereocenters. The van der Waals surface area contributed by atoms with Crippen LogP contribution in [-0.4, -0.2) is 55.7 Å². The monoisotopic (exact) mass is 452 g/mol. The third-order valence-corrected chi connectivity index (χ3v) is 5.96. The van der Waals surface area contributed by atoms with Gasteiger partial charge in [-0.1, -0.05) is 56.3 Å². The number of benzene rings is 2. The second-order valence-electron chi connectivity index (χ2n) is 8.67. The Kier molecular flexibility index (Phi) is 9.13. The van der Waals surface area contributed by atoms with Crippen LogP contribution in [0.3, 0.4) is 0 Å². The van der Waals surface area contributed by atoms with Gasteiger partial charge in [-0.2, -0.15) is 0 Å². The van der Waals surface area contributed by atoms with Crippen LogP contribution >= 0.6 is 0 Å². The van der Waals surface area contributed by atoms with Crippen LogP contribution in [-0.2, 0) is 22.6 Å². The second kappa shape index (κ2) is 12.3. The molecule has 1 heterocycles. The summed E-state index contributed by atoms with van der Waals surface area (Å²) in [7, 11) is 0. The minimum Gasteiger partial charge on any atom is -0.450 e. The summed E-state index contributed by atoms with van der Waals surface area (Å²) >= 11 is 0. The van der Waals surface area contributed by atoms with E-state index in [1.54, 1.807) is 6.92 Å². The average molecular weight is 453 g/mol. The van der Waals surface area contributed by atoms with Crippen LogP contribution in [0.15, 0.2) is 54.6 Å². The highest BCUT2D eigenvalue weighted by molar-refractivity contribution is 5.85. The summed E-state index contributed by atoms with van der Waals surface area (Å²) < 4.78 is 4.94. The molecule has 7 nitrogen and oxygen atoms in total. The number of nitrogens with zero attached hydrogens (tertiary/aromatic N) is 2. The van der Waals surface area contributed by atoms with Gasteiger partial charge in [0.25, 0.3) is 0 Å². The van der Waals surface area contributed by atoms with Crippen molar-refractivity contribution in [3.63, 3.8) is 0 Å². The Balaban J connectivity index is 1.55. The molecule has 1 unspecified atom stereocenters. The molecule has 0 bridgehead atoms. The first kappa shape index (κ1) is 24.6. The largest absolute Gasteiger partial charge is 0.450 e. The van der Waals surface area contributed by atoms with Gasteiger partial charge in [-0.15, -0.1) is 0 Å². The quantitative estimate of drug-likeness (QED) is 0.610. The standard InChI is InChI=1S/C26H36N4O3/c1-4-33-26(32)28-24(20(2)3)25(31)27-18-21-10-8-9-11-22(21)19-29-14-16-30(17-15-29)23-12-6-5-7-13-23/h5-13,20,24H,4,14-19H2,1-3H3,(H,27,31)(H,28,32). The van der Waals surface area contributed by atoms with Crippen molar-refractivity contribution < 1.29 is 14.3 Å². The maximum absolute atomic E-state index is 12.8. The van der Waals surface area contributed by atoms with E-state index in [1.807, 2.05) is 32.0 Å². The molecule has 1 aliphatic heterocycles. The summed E-state index contributed by atoms with van der Waals surface area (Å²) in [5.41, 5.74) is 3.58. The first-order valence-electron chi connectivity index (χ1n) is 11.8. The molecule has 0 aliphatic carbocycles. The zero-order valence-corrected chi connectivity index (χ0v) is 19.9. The predicted molar refractivity (Wildman–Crippen MR) is 131 cm³/mol. The molecular formula is C26H36N4O3. The lowest BCUT2D eigenvalue weighted by Crippen LogP contribution is -2.49. The Morgan fingerprint density at radius 1 is 0.939 bits per heavy atom. The minimum absolute atomic E-state index is 0.0504. The van der Waals surface area contributed by atoms with Crippen LogP contribution in [0.4, 0.5) is 10.5 Å². The van der Waals surface area contributed by atoms with E-state index in [1.165, 1.54) is 11.3 Å². The van der Waals surface area contributed by atoms with E-state index in [9.17, 15) is 9.59 Å². The summed E-state index contributed by atoms with van der Waals surface area (Å²) in [5, 5.41) is 5.66. The first-order chi connectivity index (χ1) is 16.0. The normalized spacial score (nSPS) is 15.2.